The van der Waals surface area contributed by atoms with Crippen molar-refractivity contribution in [3.63, 3.8) is 0 Å². The maximum absolute atomic E-state index is 12.1. The molecule has 0 unspecified atom stereocenters. The molecule has 0 aromatic carbocycles. The second-order valence-corrected chi connectivity index (χ2v) is 5.72. The Labute approximate surface area is 116 Å². The van der Waals surface area contributed by atoms with Gasteiger partial charge in [0.15, 0.2) is 5.82 Å². The Morgan fingerprint density at radius 1 is 1.40 bits per heavy atom. The first-order chi connectivity index (χ1) is 9.62. The largest absolute Gasteiger partial charge is 0.370 e. The van der Waals surface area contributed by atoms with Crippen molar-refractivity contribution in [3.8, 4) is 0 Å². The molecule has 3 N–H and O–H groups in total. The summed E-state index contributed by atoms with van der Waals surface area (Å²) in [6.45, 7) is 2.71. The van der Waals surface area contributed by atoms with E-state index in [0.29, 0.717) is 5.82 Å². The number of rotatable bonds is 7. The first kappa shape index (κ1) is 14.3. The summed E-state index contributed by atoms with van der Waals surface area (Å²) in [6.07, 6.45) is 2.37. The average Bonchev–Trinajstić information content (AvgIpc) is 2.97. The first-order valence-corrected chi connectivity index (χ1v) is 7.52. The zero-order chi connectivity index (χ0) is 14.4. The lowest BCUT2D eigenvalue weighted by Crippen LogP contribution is -2.24. The Hall–Kier alpha value is -2.07. The average molecular weight is 297 g/mol. The monoisotopic (exact) mass is 297 g/mol. The Kier molecular flexibility index (Phi) is 4.58. The zero-order valence-electron chi connectivity index (χ0n) is 10.9. The van der Waals surface area contributed by atoms with Crippen molar-refractivity contribution in [1.29, 1.82) is 0 Å². The van der Waals surface area contributed by atoms with Crippen molar-refractivity contribution in [2.45, 2.75) is 24.8 Å². The normalized spacial score (nSPS) is 11.4. The van der Waals surface area contributed by atoms with E-state index in [0.717, 1.165) is 13.0 Å². The van der Waals surface area contributed by atoms with E-state index in [1.807, 2.05) is 6.92 Å². The molecule has 2 rings (SSSR count). The standard InChI is InChI=1S/C10H15N7O2S/c1-2-4-11-9-6-8(3-5-12-9)20(18,19)13-7-10-14-16-17-15-10/h3,5-6,13H,2,4,7H2,1H3,(H,11,12)(H,14,15,16,17). The summed E-state index contributed by atoms with van der Waals surface area (Å²) in [5.41, 5.74) is 0. The summed E-state index contributed by atoms with van der Waals surface area (Å²) in [5, 5.41) is 16.0. The van der Waals surface area contributed by atoms with Crippen molar-refractivity contribution in [3.05, 3.63) is 24.2 Å². The quantitative estimate of drug-likeness (QED) is 0.651. The van der Waals surface area contributed by atoms with Crippen LogP contribution in [-0.2, 0) is 16.6 Å². The van der Waals surface area contributed by atoms with Gasteiger partial charge in [0.1, 0.15) is 5.82 Å². The van der Waals surface area contributed by atoms with Crippen LogP contribution in [0.4, 0.5) is 5.82 Å². The highest BCUT2D eigenvalue weighted by Crippen LogP contribution is 2.12. The van der Waals surface area contributed by atoms with Crippen molar-refractivity contribution in [2.75, 3.05) is 11.9 Å². The van der Waals surface area contributed by atoms with E-state index in [2.05, 4.69) is 35.6 Å². The van der Waals surface area contributed by atoms with Gasteiger partial charge in [0.2, 0.25) is 10.0 Å². The highest BCUT2D eigenvalue weighted by Gasteiger charge is 2.15. The number of hydrogen-bond donors (Lipinski definition) is 3. The predicted octanol–water partition coefficient (Wildman–Crippen LogP) is -0.105. The Balaban J connectivity index is 2.08. The van der Waals surface area contributed by atoms with E-state index in [1.165, 1.54) is 18.3 Å². The molecule has 0 saturated carbocycles. The summed E-state index contributed by atoms with van der Waals surface area (Å²) in [7, 11) is -3.64. The smallest absolute Gasteiger partial charge is 0.241 e. The van der Waals surface area contributed by atoms with Crippen LogP contribution in [-0.4, -0.2) is 40.6 Å². The molecule has 108 valence electrons. The third-order valence-corrected chi connectivity index (χ3v) is 3.81. The molecule has 0 atom stereocenters. The number of aromatic amines is 1. The van der Waals surface area contributed by atoms with Crippen LogP contribution < -0.4 is 10.0 Å². The number of hydrogen-bond acceptors (Lipinski definition) is 7. The van der Waals surface area contributed by atoms with Crippen molar-refractivity contribution in [2.24, 2.45) is 0 Å². The van der Waals surface area contributed by atoms with E-state index >= 15 is 0 Å². The van der Waals surface area contributed by atoms with Gasteiger partial charge in [-0.1, -0.05) is 12.1 Å². The molecule has 2 heterocycles. The molecular formula is C10H15N7O2S. The summed E-state index contributed by atoms with van der Waals surface area (Å²) >= 11 is 0. The minimum absolute atomic E-state index is 0.0289. The zero-order valence-corrected chi connectivity index (χ0v) is 11.7. The van der Waals surface area contributed by atoms with Crippen molar-refractivity contribution in [1.82, 2.24) is 30.3 Å². The van der Waals surface area contributed by atoms with Crippen LogP contribution in [0.3, 0.4) is 0 Å². The summed E-state index contributed by atoms with van der Waals surface area (Å²) < 4.78 is 26.6. The Bertz CT molecular complexity index is 641. The number of anilines is 1. The van der Waals surface area contributed by atoms with Crippen LogP contribution in [0.2, 0.25) is 0 Å². The lowest BCUT2D eigenvalue weighted by atomic mass is 10.4. The van der Waals surface area contributed by atoms with E-state index in [4.69, 9.17) is 0 Å². The van der Waals surface area contributed by atoms with Gasteiger partial charge >= 0.3 is 0 Å². The van der Waals surface area contributed by atoms with Crippen molar-refractivity contribution >= 4 is 15.8 Å². The molecule has 2 aromatic heterocycles. The second kappa shape index (κ2) is 6.39. The maximum Gasteiger partial charge on any atom is 0.241 e. The Morgan fingerprint density at radius 3 is 2.95 bits per heavy atom. The van der Waals surface area contributed by atoms with Gasteiger partial charge < -0.3 is 5.32 Å². The molecule has 2 aromatic rings. The molecule has 0 spiro atoms. The van der Waals surface area contributed by atoms with Gasteiger partial charge in [0.25, 0.3) is 0 Å². The van der Waals surface area contributed by atoms with Gasteiger partial charge in [0, 0.05) is 18.8 Å². The predicted molar refractivity (Wildman–Crippen MR) is 71.2 cm³/mol. The summed E-state index contributed by atoms with van der Waals surface area (Å²) in [4.78, 5) is 4.19. The number of aromatic nitrogens is 5. The summed E-state index contributed by atoms with van der Waals surface area (Å²) in [6, 6.07) is 2.91. The molecule has 20 heavy (non-hydrogen) atoms. The van der Waals surface area contributed by atoms with Gasteiger partial charge in [-0.2, -0.15) is 5.21 Å². The number of sulfonamides is 1. The minimum atomic E-state index is -3.64. The molecule has 0 aliphatic carbocycles. The highest BCUT2D eigenvalue weighted by atomic mass is 32.2. The molecule has 0 aliphatic heterocycles. The molecule has 0 amide bonds. The first-order valence-electron chi connectivity index (χ1n) is 6.03. The van der Waals surface area contributed by atoms with Crippen LogP contribution in [0.1, 0.15) is 19.2 Å². The fourth-order valence-electron chi connectivity index (χ4n) is 1.43. The lowest BCUT2D eigenvalue weighted by Gasteiger charge is -2.07. The fourth-order valence-corrected chi connectivity index (χ4v) is 2.42. The fraction of sp³-hybridized carbons (Fsp3) is 0.400. The topological polar surface area (TPSA) is 126 Å². The second-order valence-electron chi connectivity index (χ2n) is 3.96. The van der Waals surface area contributed by atoms with Crippen LogP contribution in [0.15, 0.2) is 23.2 Å². The highest BCUT2D eigenvalue weighted by molar-refractivity contribution is 7.89. The number of pyridine rings is 1. The summed E-state index contributed by atoms with van der Waals surface area (Å²) in [5.74, 6) is 0.793. The molecule has 9 nitrogen and oxygen atoms in total. The Morgan fingerprint density at radius 2 is 2.25 bits per heavy atom. The van der Waals surface area contributed by atoms with E-state index < -0.39 is 10.0 Å². The van der Waals surface area contributed by atoms with Gasteiger partial charge in [-0.05, 0) is 12.5 Å². The van der Waals surface area contributed by atoms with Crippen molar-refractivity contribution < 1.29 is 8.42 Å². The van der Waals surface area contributed by atoms with Crippen LogP contribution >= 0.6 is 0 Å². The van der Waals surface area contributed by atoms with E-state index in [9.17, 15) is 8.42 Å². The van der Waals surface area contributed by atoms with Gasteiger partial charge in [-0.25, -0.2) is 18.1 Å². The van der Waals surface area contributed by atoms with Crippen LogP contribution in [0.5, 0.6) is 0 Å². The molecule has 0 radical (unpaired) electrons. The SMILES string of the molecule is CCCNc1cc(S(=O)(=O)NCc2nn[nH]n2)ccn1. The van der Waals surface area contributed by atoms with E-state index in [1.54, 1.807) is 0 Å². The van der Waals surface area contributed by atoms with Gasteiger partial charge in [-0.15, -0.1) is 10.2 Å². The third-order valence-electron chi connectivity index (χ3n) is 2.41. The number of nitrogens with one attached hydrogen (secondary N) is 3. The van der Waals surface area contributed by atoms with Gasteiger partial charge in [-0.3, -0.25) is 0 Å². The lowest BCUT2D eigenvalue weighted by molar-refractivity contribution is 0.579. The molecular weight excluding hydrogens is 282 g/mol. The molecule has 10 heteroatoms. The molecule has 0 bridgehead atoms. The molecule has 0 saturated heterocycles. The number of tetrazole rings is 1. The van der Waals surface area contributed by atoms with Gasteiger partial charge in [0.05, 0.1) is 11.4 Å². The third kappa shape index (κ3) is 3.71. The van der Waals surface area contributed by atoms with E-state index in [-0.39, 0.29) is 17.3 Å². The molecule has 0 aliphatic rings. The minimum Gasteiger partial charge on any atom is -0.370 e. The van der Waals surface area contributed by atoms with Crippen LogP contribution in [0, 0.1) is 0 Å². The van der Waals surface area contributed by atoms with Crippen LogP contribution in [0.25, 0.3) is 0 Å². The number of nitrogens with zero attached hydrogens (tertiary/aromatic N) is 4. The number of H-pyrrole nitrogens is 1. The molecule has 0 fully saturated rings. The maximum atomic E-state index is 12.1.